The third-order valence-electron chi connectivity index (χ3n) is 2.38. The van der Waals surface area contributed by atoms with E-state index in [-0.39, 0.29) is 11.3 Å². The minimum Gasteiger partial charge on any atom is -0.396 e. The number of rotatable bonds is 2. The lowest BCUT2D eigenvalue weighted by atomic mass is 10.1. The highest BCUT2D eigenvalue weighted by Gasteiger charge is 2.19. The van der Waals surface area contributed by atoms with Crippen LogP contribution in [-0.2, 0) is 0 Å². The summed E-state index contributed by atoms with van der Waals surface area (Å²) in [6.45, 7) is 1.74. The molecule has 2 N–H and O–H groups in total. The Morgan fingerprint density at radius 3 is 2.65 bits per heavy atom. The second kappa shape index (κ2) is 4.25. The summed E-state index contributed by atoms with van der Waals surface area (Å²) in [5.41, 5.74) is 5.34. The predicted octanol–water partition coefficient (Wildman–Crippen LogP) is 3.15. The van der Waals surface area contributed by atoms with E-state index in [0.29, 0.717) is 4.88 Å². The average Bonchev–Trinajstić information content (AvgIpc) is 2.69. The molecular weight excluding hydrogens is 244 g/mol. The molecule has 0 saturated carbocycles. The van der Waals surface area contributed by atoms with E-state index in [9.17, 15) is 13.6 Å². The minimum atomic E-state index is -0.871. The van der Waals surface area contributed by atoms with Gasteiger partial charge in [0.05, 0.1) is 16.1 Å². The third kappa shape index (κ3) is 2.06. The Labute approximate surface area is 101 Å². The van der Waals surface area contributed by atoms with E-state index in [4.69, 9.17) is 5.73 Å². The zero-order chi connectivity index (χ0) is 12.6. The Morgan fingerprint density at radius 2 is 2.06 bits per heavy atom. The van der Waals surface area contributed by atoms with Crippen molar-refractivity contribution < 1.29 is 13.6 Å². The van der Waals surface area contributed by atoms with Gasteiger partial charge in [-0.2, -0.15) is 0 Å². The van der Waals surface area contributed by atoms with E-state index in [2.05, 4.69) is 0 Å². The first-order valence-electron chi connectivity index (χ1n) is 4.84. The molecule has 0 atom stereocenters. The summed E-state index contributed by atoms with van der Waals surface area (Å²) in [6.07, 6.45) is 0. The largest absolute Gasteiger partial charge is 0.396 e. The Morgan fingerprint density at radius 1 is 1.35 bits per heavy atom. The van der Waals surface area contributed by atoms with Gasteiger partial charge in [-0.25, -0.2) is 8.78 Å². The van der Waals surface area contributed by atoms with Gasteiger partial charge < -0.3 is 5.73 Å². The molecular formula is C12H9F2NOS. The van der Waals surface area contributed by atoms with Crippen LogP contribution in [0.25, 0.3) is 0 Å². The molecule has 17 heavy (non-hydrogen) atoms. The summed E-state index contributed by atoms with van der Waals surface area (Å²) < 4.78 is 26.8. The van der Waals surface area contributed by atoms with Crippen molar-refractivity contribution in [3.05, 3.63) is 51.2 Å². The van der Waals surface area contributed by atoms with Crippen molar-refractivity contribution in [2.45, 2.75) is 6.92 Å². The molecule has 2 aromatic rings. The van der Waals surface area contributed by atoms with E-state index < -0.39 is 17.4 Å². The molecule has 0 fully saturated rings. The Hall–Kier alpha value is -1.75. The highest BCUT2D eigenvalue weighted by atomic mass is 32.1. The molecule has 0 aliphatic rings. The first-order valence-corrected chi connectivity index (χ1v) is 5.72. The molecule has 0 radical (unpaired) electrons. The van der Waals surface area contributed by atoms with E-state index in [1.165, 1.54) is 11.3 Å². The number of halogens is 2. The fourth-order valence-electron chi connectivity index (χ4n) is 1.50. The van der Waals surface area contributed by atoms with Crippen molar-refractivity contribution in [1.82, 2.24) is 0 Å². The van der Waals surface area contributed by atoms with Crippen LogP contribution in [0.3, 0.4) is 0 Å². The maximum atomic E-state index is 13.6. The van der Waals surface area contributed by atoms with Crippen LogP contribution < -0.4 is 5.73 Å². The standard InChI is InChI=1S/C12H9F2NOS/c1-6-2-3-17-12(6)11(16)8-4-7(13)5-9(15)10(8)14/h2-5H,15H2,1H3. The summed E-state index contributed by atoms with van der Waals surface area (Å²) >= 11 is 1.19. The fourth-order valence-corrected chi connectivity index (χ4v) is 2.38. The lowest BCUT2D eigenvalue weighted by Crippen LogP contribution is -2.07. The number of aryl methyl sites for hydroxylation is 1. The lowest BCUT2D eigenvalue weighted by molar-refractivity contribution is 0.103. The van der Waals surface area contributed by atoms with Crippen molar-refractivity contribution in [3.63, 3.8) is 0 Å². The van der Waals surface area contributed by atoms with Gasteiger partial charge in [-0.1, -0.05) is 0 Å². The number of hydrogen-bond donors (Lipinski definition) is 1. The fraction of sp³-hybridized carbons (Fsp3) is 0.0833. The topological polar surface area (TPSA) is 43.1 Å². The van der Waals surface area contributed by atoms with Crippen molar-refractivity contribution in [1.29, 1.82) is 0 Å². The summed E-state index contributed by atoms with van der Waals surface area (Å²) in [5.74, 6) is -2.13. The second-order valence-electron chi connectivity index (χ2n) is 3.62. The van der Waals surface area contributed by atoms with Gasteiger partial charge in [-0.15, -0.1) is 11.3 Å². The van der Waals surface area contributed by atoms with Gasteiger partial charge in [0.25, 0.3) is 0 Å². The zero-order valence-corrected chi connectivity index (χ0v) is 9.78. The maximum Gasteiger partial charge on any atom is 0.206 e. The molecule has 1 aromatic heterocycles. The number of carbonyl (C=O) groups is 1. The normalized spacial score (nSPS) is 10.5. The number of anilines is 1. The zero-order valence-electron chi connectivity index (χ0n) is 8.96. The molecule has 88 valence electrons. The molecule has 1 aromatic carbocycles. The highest BCUT2D eigenvalue weighted by Crippen LogP contribution is 2.24. The first-order chi connectivity index (χ1) is 8.00. The summed E-state index contributed by atoms with van der Waals surface area (Å²) in [7, 11) is 0. The van der Waals surface area contributed by atoms with Crippen LogP contribution in [0.1, 0.15) is 20.8 Å². The Bertz CT molecular complexity index is 592. The second-order valence-corrected chi connectivity index (χ2v) is 4.53. The van der Waals surface area contributed by atoms with Crippen molar-refractivity contribution in [3.8, 4) is 0 Å². The molecule has 0 aliphatic carbocycles. The number of nitrogens with two attached hydrogens (primary N) is 1. The molecule has 0 bridgehead atoms. The van der Waals surface area contributed by atoms with Crippen molar-refractivity contribution in [2.24, 2.45) is 0 Å². The predicted molar refractivity (Wildman–Crippen MR) is 63.3 cm³/mol. The van der Waals surface area contributed by atoms with E-state index >= 15 is 0 Å². The molecule has 0 unspecified atom stereocenters. The number of thiophene rings is 1. The van der Waals surface area contributed by atoms with Crippen molar-refractivity contribution in [2.75, 3.05) is 5.73 Å². The minimum absolute atomic E-state index is 0.326. The molecule has 2 nitrogen and oxygen atoms in total. The van der Waals surface area contributed by atoms with E-state index in [0.717, 1.165) is 17.7 Å². The average molecular weight is 253 g/mol. The van der Waals surface area contributed by atoms with Gasteiger partial charge in [-0.05, 0) is 36.1 Å². The monoisotopic (exact) mass is 253 g/mol. The summed E-state index contributed by atoms with van der Waals surface area (Å²) in [6, 6.07) is 3.47. The quantitative estimate of drug-likeness (QED) is 0.660. The Balaban J connectivity index is 2.55. The van der Waals surface area contributed by atoms with Crippen LogP contribution in [0.2, 0.25) is 0 Å². The SMILES string of the molecule is Cc1ccsc1C(=O)c1cc(F)cc(N)c1F. The van der Waals surface area contributed by atoms with Crippen LogP contribution in [-0.4, -0.2) is 5.78 Å². The third-order valence-corrected chi connectivity index (χ3v) is 3.39. The van der Waals surface area contributed by atoms with E-state index in [1.807, 2.05) is 0 Å². The lowest BCUT2D eigenvalue weighted by Gasteiger charge is -2.04. The van der Waals surface area contributed by atoms with Gasteiger partial charge in [0.15, 0.2) is 5.82 Å². The number of ketones is 1. The summed E-state index contributed by atoms with van der Waals surface area (Å²) in [4.78, 5) is 12.4. The molecule has 5 heteroatoms. The van der Waals surface area contributed by atoms with Crippen LogP contribution in [0, 0.1) is 18.6 Å². The van der Waals surface area contributed by atoms with Crippen LogP contribution in [0.4, 0.5) is 14.5 Å². The van der Waals surface area contributed by atoms with Crippen molar-refractivity contribution >= 4 is 22.8 Å². The van der Waals surface area contributed by atoms with E-state index in [1.54, 1.807) is 18.4 Å². The smallest absolute Gasteiger partial charge is 0.206 e. The van der Waals surface area contributed by atoms with Crippen LogP contribution in [0.15, 0.2) is 23.6 Å². The Kier molecular flexibility index (Phi) is 2.93. The molecule has 0 saturated heterocycles. The van der Waals surface area contributed by atoms with Gasteiger partial charge in [-0.3, -0.25) is 4.79 Å². The van der Waals surface area contributed by atoms with Gasteiger partial charge in [0.1, 0.15) is 5.82 Å². The van der Waals surface area contributed by atoms with Gasteiger partial charge >= 0.3 is 0 Å². The summed E-state index contributed by atoms with van der Waals surface area (Å²) in [5, 5.41) is 1.73. The van der Waals surface area contributed by atoms with Crippen LogP contribution in [0.5, 0.6) is 0 Å². The highest BCUT2D eigenvalue weighted by molar-refractivity contribution is 7.12. The first kappa shape index (κ1) is 11.7. The number of carbonyl (C=O) groups excluding carboxylic acids is 1. The van der Waals surface area contributed by atoms with Gasteiger partial charge in [0.2, 0.25) is 5.78 Å². The number of hydrogen-bond acceptors (Lipinski definition) is 3. The number of benzene rings is 1. The van der Waals surface area contributed by atoms with Gasteiger partial charge in [0, 0.05) is 0 Å². The maximum absolute atomic E-state index is 13.6. The molecule has 0 spiro atoms. The molecule has 2 rings (SSSR count). The molecule has 0 amide bonds. The van der Waals surface area contributed by atoms with Crippen LogP contribution >= 0.6 is 11.3 Å². The molecule has 1 heterocycles. The molecule has 0 aliphatic heterocycles. The number of nitrogen functional groups attached to an aromatic ring is 1.